The summed E-state index contributed by atoms with van der Waals surface area (Å²) in [6.07, 6.45) is 6.61. The van der Waals surface area contributed by atoms with Gasteiger partial charge in [-0.05, 0) is 19.1 Å². The van der Waals surface area contributed by atoms with E-state index in [0.29, 0.717) is 18.3 Å². The number of carbonyl (C=O) groups is 1. The maximum atomic E-state index is 11.6. The number of pyridine rings is 1. The molecule has 0 bridgehead atoms. The number of primary amides is 1. The molecule has 3 aromatic heterocycles. The zero-order valence-corrected chi connectivity index (χ0v) is 13.7. The smallest absolute Gasteiger partial charge is 0.254 e. The number of nitrogens with one attached hydrogen (secondary N) is 2. The van der Waals surface area contributed by atoms with E-state index in [4.69, 9.17) is 5.73 Å². The number of hydrogen-bond acceptors (Lipinski definition) is 7. The Labute approximate surface area is 144 Å². The summed E-state index contributed by atoms with van der Waals surface area (Å²) in [5.74, 6) is 0.0802. The summed E-state index contributed by atoms with van der Waals surface area (Å²) in [5.41, 5.74) is 7.18. The van der Waals surface area contributed by atoms with E-state index in [0.717, 1.165) is 17.9 Å². The second-order valence-corrected chi connectivity index (χ2v) is 5.20. The molecule has 1 amide bonds. The molecule has 0 aromatic carbocycles. The third-order valence-electron chi connectivity index (χ3n) is 3.43. The lowest BCUT2D eigenvalue weighted by molar-refractivity contribution is 0.100. The maximum absolute atomic E-state index is 11.6. The summed E-state index contributed by atoms with van der Waals surface area (Å²) in [6, 6.07) is 5.59. The van der Waals surface area contributed by atoms with Crippen LogP contribution in [0.2, 0.25) is 0 Å². The predicted octanol–water partition coefficient (Wildman–Crippen LogP) is 1.54. The number of aryl methyl sites for hydroxylation is 1. The highest BCUT2D eigenvalue weighted by molar-refractivity contribution is 5.97. The van der Waals surface area contributed by atoms with Crippen molar-refractivity contribution in [2.75, 3.05) is 10.6 Å². The fourth-order valence-electron chi connectivity index (χ4n) is 2.16. The van der Waals surface area contributed by atoms with Gasteiger partial charge in [0.05, 0.1) is 29.7 Å². The van der Waals surface area contributed by atoms with Crippen LogP contribution in [0.5, 0.6) is 0 Å². The van der Waals surface area contributed by atoms with E-state index in [1.165, 1.54) is 6.20 Å². The number of amides is 1. The van der Waals surface area contributed by atoms with Gasteiger partial charge in [-0.2, -0.15) is 10.1 Å². The van der Waals surface area contributed by atoms with Gasteiger partial charge in [-0.3, -0.25) is 14.5 Å². The molecule has 3 aromatic rings. The number of nitrogens with zero attached hydrogens (tertiary/aromatic N) is 5. The van der Waals surface area contributed by atoms with Crippen molar-refractivity contribution in [3.8, 4) is 0 Å². The molecule has 4 N–H and O–H groups in total. The van der Waals surface area contributed by atoms with Gasteiger partial charge in [0.15, 0.2) is 0 Å². The average Bonchev–Trinajstić information content (AvgIpc) is 3.08. The first-order valence-electron chi connectivity index (χ1n) is 7.76. The largest absolute Gasteiger partial charge is 0.365 e. The van der Waals surface area contributed by atoms with E-state index in [1.807, 2.05) is 31.3 Å². The highest BCUT2D eigenvalue weighted by Gasteiger charge is 2.12. The molecule has 25 heavy (non-hydrogen) atoms. The summed E-state index contributed by atoms with van der Waals surface area (Å²) in [5, 5.41) is 10.3. The van der Waals surface area contributed by atoms with E-state index in [9.17, 15) is 4.79 Å². The third-order valence-corrected chi connectivity index (χ3v) is 3.43. The molecule has 0 spiro atoms. The molecule has 0 saturated heterocycles. The van der Waals surface area contributed by atoms with Gasteiger partial charge >= 0.3 is 0 Å². The average molecular weight is 338 g/mol. The fraction of sp³-hybridized carbons (Fsp3) is 0.188. The van der Waals surface area contributed by atoms with Crippen molar-refractivity contribution in [3.05, 3.63) is 54.2 Å². The van der Waals surface area contributed by atoms with Gasteiger partial charge in [-0.1, -0.05) is 6.07 Å². The van der Waals surface area contributed by atoms with Crippen LogP contribution in [0.25, 0.3) is 0 Å². The van der Waals surface area contributed by atoms with E-state index in [1.54, 1.807) is 17.1 Å². The molecular formula is C16H18N8O. The molecule has 0 aliphatic rings. The molecule has 0 unspecified atom stereocenters. The molecule has 0 aliphatic heterocycles. The third kappa shape index (κ3) is 4.08. The molecule has 0 saturated carbocycles. The normalized spacial score (nSPS) is 10.4. The van der Waals surface area contributed by atoms with Crippen molar-refractivity contribution in [3.63, 3.8) is 0 Å². The zero-order chi connectivity index (χ0) is 17.6. The fourth-order valence-corrected chi connectivity index (χ4v) is 2.16. The van der Waals surface area contributed by atoms with Crippen molar-refractivity contribution in [1.82, 2.24) is 24.7 Å². The van der Waals surface area contributed by atoms with Crippen LogP contribution in [-0.4, -0.2) is 30.6 Å². The summed E-state index contributed by atoms with van der Waals surface area (Å²) >= 11 is 0. The quantitative estimate of drug-likeness (QED) is 0.597. The van der Waals surface area contributed by atoms with Crippen LogP contribution in [0.4, 0.5) is 17.5 Å². The van der Waals surface area contributed by atoms with Gasteiger partial charge in [-0.15, -0.1) is 0 Å². The Hall–Kier alpha value is -3.49. The van der Waals surface area contributed by atoms with Gasteiger partial charge in [0, 0.05) is 25.1 Å². The first kappa shape index (κ1) is 16.4. The number of carbonyl (C=O) groups excluding carboxylic acids is 1. The zero-order valence-electron chi connectivity index (χ0n) is 13.7. The summed E-state index contributed by atoms with van der Waals surface area (Å²) in [4.78, 5) is 24.3. The number of hydrogen-bond donors (Lipinski definition) is 3. The highest BCUT2D eigenvalue weighted by atomic mass is 16.1. The van der Waals surface area contributed by atoms with E-state index in [-0.39, 0.29) is 5.56 Å². The topological polar surface area (TPSA) is 124 Å². The molecule has 128 valence electrons. The van der Waals surface area contributed by atoms with Crippen LogP contribution < -0.4 is 16.4 Å². The molecule has 9 nitrogen and oxygen atoms in total. The van der Waals surface area contributed by atoms with Crippen LogP contribution in [0.1, 0.15) is 23.0 Å². The van der Waals surface area contributed by atoms with E-state index >= 15 is 0 Å². The van der Waals surface area contributed by atoms with E-state index in [2.05, 4.69) is 30.7 Å². The van der Waals surface area contributed by atoms with Gasteiger partial charge < -0.3 is 16.4 Å². The van der Waals surface area contributed by atoms with Gasteiger partial charge in [0.1, 0.15) is 5.82 Å². The number of rotatable bonds is 7. The van der Waals surface area contributed by atoms with Crippen molar-refractivity contribution in [1.29, 1.82) is 0 Å². The molecule has 0 aliphatic carbocycles. The molecule has 0 atom stereocenters. The molecule has 0 fully saturated rings. The Bertz CT molecular complexity index is 862. The van der Waals surface area contributed by atoms with Gasteiger partial charge in [0.2, 0.25) is 5.95 Å². The van der Waals surface area contributed by atoms with Crippen molar-refractivity contribution in [2.45, 2.75) is 20.0 Å². The highest BCUT2D eigenvalue weighted by Crippen LogP contribution is 2.17. The lowest BCUT2D eigenvalue weighted by atomic mass is 10.3. The molecular weight excluding hydrogens is 320 g/mol. The van der Waals surface area contributed by atoms with Crippen molar-refractivity contribution < 1.29 is 4.79 Å². The summed E-state index contributed by atoms with van der Waals surface area (Å²) in [6.45, 7) is 3.17. The molecule has 9 heteroatoms. The maximum Gasteiger partial charge on any atom is 0.254 e. The molecule has 3 heterocycles. The standard InChI is InChI=1S/C16H18N8O/c1-2-24-10-12(8-21-24)22-16-20-9-13(14(17)25)15(23-16)19-7-11-5-3-4-6-18-11/h3-6,8-10H,2,7H2,1H3,(H2,17,25)(H2,19,20,22,23). The van der Waals surface area contributed by atoms with E-state index < -0.39 is 5.91 Å². The van der Waals surface area contributed by atoms with Crippen LogP contribution in [0.15, 0.2) is 43.0 Å². The first-order chi connectivity index (χ1) is 12.2. The Morgan fingerprint density at radius 2 is 2.16 bits per heavy atom. The Kier molecular flexibility index (Phi) is 4.84. The minimum atomic E-state index is -0.603. The molecule has 0 radical (unpaired) electrons. The second-order valence-electron chi connectivity index (χ2n) is 5.20. The minimum absolute atomic E-state index is 0.214. The summed E-state index contributed by atoms with van der Waals surface area (Å²) in [7, 11) is 0. The van der Waals surface area contributed by atoms with Gasteiger partial charge in [0.25, 0.3) is 5.91 Å². The van der Waals surface area contributed by atoms with Crippen LogP contribution in [0, 0.1) is 0 Å². The van der Waals surface area contributed by atoms with Crippen LogP contribution in [0.3, 0.4) is 0 Å². The molecule has 3 rings (SSSR count). The summed E-state index contributed by atoms with van der Waals surface area (Å²) < 4.78 is 1.78. The Balaban J connectivity index is 1.80. The predicted molar refractivity (Wildman–Crippen MR) is 93.3 cm³/mol. The number of nitrogens with two attached hydrogens (primary N) is 1. The van der Waals surface area contributed by atoms with Crippen molar-refractivity contribution >= 4 is 23.4 Å². The monoisotopic (exact) mass is 338 g/mol. The minimum Gasteiger partial charge on any atom is -0.365 e. The number of anilines is 3. The Morgan fingerprint density at radius 1 is 1.28 bits per heavy atom. The lowest BCUT2D eigenvalue weighted by Crippen LogP contribution is -2.17. The number of aromatic nitrogens is 5. The lowest BCUT2D eigenvalue weighted by Gasteiger charge is -2.10. The SMILES string of the molecule is CCn1cc(Nc2ncc(C(N)=O)c(NCc3ccccn3)n2)cn1. The first-order valence-corrected chi connectivity index (χ1v) is 7.76. The van der Waals surface area contributed by atoms with Gasteiger partial charge in [-0.25, -0.2) is 4.98 Å². The van der Waals surface area contributed by atoms with Crippen LogP contribution in [-0.2, 0) is 13.1 Å². The van der Waals surface area contributed by atoms with Crippen LogP contribution >= 0.6 is 0 Å². The van der Waals surface area contributed by atoms with Crippen molar-refractivity contribution in [2.24, 2.45) is 5.73 Å². The Morgan fingerprint density at radius 3 is 2.84 bits per heavy atom. The second kappa shape index (κ2) is 7.39.